The fourth-order valence-corrected chi connectivity index (χ4v) is 2.19. The largest absolute Gasteiger partial charge is 0.396 e. The van der Waals surface area contributed by atoms with Crippen molar-refractivity contribution in [1.29, 1.82) is 0 Å². The maximum absolute atomic E-state index is 11.3. The van der Waals surface area contributed by atoms with Gasteiger partial charge in [0.25, 0.3) is 0 Å². The van der Waals surface area contributed by atoms with Crippen LogP contribution in [0.25, 0.3) is 0 Å². The van der Waals surface area contributed by atoms with E-state index in [0.29, 0.717) is 11.4 Å². The molecule has 0 heterocycles. The second-order valence-electron chi connectivity index (χ2n) is 4.24. The standard InChI is InChI=1S/C12H19NO3S/c1-17(15,16)12-6-4-10(5-7-12)2-3-11(8-13)9-14/h4-7,11,14H,2-3,8-9,13H2,1H3. The van der Waals surface area contributed by atoms with Crippen molar-refractivity contribution in [3.63, 3.8) is 0 Å². The quantitative estimate of drug-likeness (QED) is 0.781. The van der Waals surface area contributed by atoms with E-state index in [9.17, 15) is 8.42 Å². The van der Waals surface area contributed by atoms with Crippen LogP contribution in [0.2, 0.25) is 0 Å². The van der Waals surface area contributed by atoms with Crippen molar-refractivity contribution in [2.24, 2.45) is 11.7 Å². The van der Waals surface area contributed by atoms with Crippen LogP contribution in [-0.2, 0) is 16.3 Å². The normalized spacial score (nSPS) is 13.6. The molecule has 1 unspecified atom stereocenters. The molecule has 1 aromatic carbocycles. The van der Waals surface area contributed by atoms with Crippen LogP contribution in [-0.4, -0.2) is 32.9 Å². The molecule has 1 rings (SSSR count). The van der Waals surface area contributed by atoms with Gasteiger partial charge in [0.2, 0.25) is 0 Å². The van der Waals surface area contributed by atoms with E-state index >= 15 is 0 Å². The van der Waals surface area contributed by atoms with E-state index in [0.717, 1.165) is 18.4 Å². The summed E-state index contributed by atoms with van der Waals surface area (Å²) >= 11 is 0. The topological polar surface area (TPSA) is 80.4 Å². The van der Waals surface area contributed by atoms with Crippen LogP contribution in [0.5, 0.6) is 0 Å². The van der Waals surface area contributed by atoms with Crippen LogP contribution >= 0.6 is 0 Å². The highest BCUT2D eigenvalue weighted by molar-refractivity contribution is 7.90. The lowest BCUT2D eigenvalue weighted by atomic mass is 10.0. The number of rotatable bonds is 6. The summed E-state index contributed by atoms with van der Waals surface area (Å²) in [7, 11) is -3.12. The van der Waals surface area contributed by atoms with E-state index in [2.05, 4.69) is 0 Å². The minimum absolute atomic E-state index is 0.0952. The second-order valence-corrected chi connectivity index (χ2v) is 6.25. The zero-order valence-corrected chi connectivity index (χ0v) is 10.8. The van der Waals surface area contributed by atoms with Crippen LogP contribution < -0.4 is 5.73 Å². The average Bonchev–Trinajstić information content (AvgIpc) is 2.30. The first-order valence-corrected chi connectivity index (χ1v) is 7.46. The van der Waals surface area contributed by atoms with Crippen molar-refractivity contribution < 1.29 is 13.5 Å². The highest BCUT2D eigenvalue weighted by Gasteiger charge is 2.08. The van der Waals surface area contributed by atoms with E-state index in [4.69, 9.17) is 10.8 Å². The molecule has 0 aliphatic rings. The van der Waals surface area contributed by atoms with Gasteiger partial charge in [0.15, 0.2) is 9.84 Å². The lowest BCUT2D eigenvalue weighted by Gasteiger charge is -2.10. The van der Waals surface area contributed by atoms with Gasteiger partial charge in [0.1, 0.15) is 0 Å². The third-order valence-electron chi connectivity index (χ3n) is 2.78. The molecule has 17 heavy (non-hydrogen) atoms. The molecule has 0 saturated carbocycles. The Kier molecular flexibility index (Phi) is 5.11. The molecule has 5 heteroatoms. The molecule has 0 aliphatic heterocycles. The number of hydrogen-bond donors (Lipinski definition) is 2. The number of sulfone groups is 1. The van der Waals surface area contributed by atoms with Gasteiger partial charge in [-0.15, -0.1) is 0 Å². The van der Waals surface area contributed by atoms with Gasteiger partial charge < -0.3 is 10.8 Å². The number of hydrogen-bond acceptors (Lipinski definition) is 4. The smallest absolute Gasteiger partial charge is 0.175 e. The lowest BCUT2D eigenvalue weighted by molar-refractivity contribution is 0.223. The van der Waals surface area contributed by atoms with Crippen molar-refractivity contribution in [3.05, 3.63) is 29.8 Å². The van der Waals surface area contributed by atoms with E-state index in [1.807, 2.05) is 0 Å². The first-order valence-electron chi connectivity index (χ1n) is 5.57. The van der Waals surface area contributed by atoms with Gasteiger partial charge in [-0.3, -0.25) is 0 Å². The molecule has 0 aliphatic carbocycles. The Bertz CT molecular complexity index is 435. The van der Waals surface area contributed by atoms with Crippen LogP contribution in [0.1, 0.15) is 12.0 Å². The highest BCUT2D eigenvalue weighted by atomic mass is 32.2. The fraction of sp³-hybridized carbons (Fsp3) is 0.500. The molecule has 0 fully saturated rings. The molecule has 0 saturated heterocycles. The molecular formula is C12H19NO3S. The summed E-state index contributed by atoms with van der Waals surface area (Å²) in [6.45, 7) is 0.565. The molecule has 0 radical (unpaired) electrons. The Morgan fingerprint density at radius 3 is 2.29 bits per heavy atom. The summed E-state index contributed by atoms with van der Waals surface area (Å²) in [5.74, 6) is 0.115. The number of aliphatic hydroxyl groups excluding tert-OH is 1. The Morgan fingerprint density at radius 1 is 1.29 bits per heavy atom. The summed E-state index contributed by atoms with van der Waals surface area (Å²) in [6, 6.07) is 6.84. The molecule has 96 valence electrons. The predicted octanol–water partition coefficient (Wildman–Crippen LogP) is 0.590. The third-order valence-corrected chi connectivity index (χ3v) is 3.91. The third kappa shape index (κ3) is 4.46. The molecule has 0 spiro atoms. The zero-order valence-electron chi connectivity index (χ0n) is 9.96. The number of benzene rings is 1. The van der Waals surface area contributed by atoms with Crippen LogP contribution in [0.4, 0.5) is 0 Å². The molecule has 1 atom stereocenters. The zero-order chi connectivity index (χ0) is 12.9. The van der Waals surface area contributed by atoms with Gasteiger partial charge in [0, 0.05) is 12.9 Å². The van der Waals surface area contributed by atoms with Crippen molar-refractivity contribution in [2.75, 3.05) is 19.4 Å². The molecule has 0 amide bonds. The van der Waals surface area contributed by atoms with E-state index < -0.39 is 9.84 Å². The monoisotopic (exact) mass is 257 g/mol. The maximum atomic E-state index is 11.3. The summed E-state index contributed by atoms with van der Waals surface area (Å²) < 4.78 is 22.5. The summed E-state index contributed by atoms with van der Waals surface area (Å²) in [6.07, 6.45) is 2.80. The number of aliphatic hydroxyl groups is 1. The van der Waals surface area contributed by atoms with Crippen molar-refractivity contribution >= 4 is 9.84 Å². The SMILES string of the molecule is CS(=O)(=O)c1ccc(CCC(CN)CO)cc1. The second kappa shape index (κ2) is 6.14. The summed E-state index contributed by atoms with van der Waals surface area (Å²) in [5, 5.41) is 9.00. The van der Waals surface area contributed by atoms with Gasteiger partial charge in [-0.1, -0.05) is 12.1 Å². The highest BCUT2D eigenvalue weighted by Crippen LogP contribution is 2.13. The van der Waals surface area contributed by atoms with Crippen LogP contribution in [0.3, 0.4) is 0 Å². The molecule has 3 N–H and O–H groups in total. The van der Waals surface area contributed by atoms with Gasteiger partial charge >= 0.3 is 0 Å². The molecule has 1 aromatic rings. The summed E-state index contributed by atoms with van der Waals surface area (Å²) in [4.78, 5) is 0.332. The van der Waals surface area contributed by atoms with Gasteiger partial charge in [-0.2, -0.15) is 0 Å². The lowest BCUT2D eigenvalue weighted by Crippen LogP contribution is -2.18. The minimum atomic E-state index is -3.12. The van der Waals surface area contributed by atoms with Gasteiger partial charge in [-0.25, -0.2) is 8.42 Å². The molecule has 0 aromatic heterocycles. The number of aryl methyl sites for hydroxylation is 1. The summed E-state index contributed by atoms with van der Waals surface area (Å²) in [5.41, 5.74) is 6.55. The fourth-order valence-electron chi connectivity index (χ4n) is 1.56. The Labute approximate surface area is 102 Å². The average molecular weight is 257 g/mol. The molecular weight excluding hydrogens is 238 g/mol. The van der Waals surface area contributed by atoms with Gasteiger partial charge in [-0.05, 0) is 43.0 Å². The maximum Gasteiger partial charge on any atom is 0.175 e. The van der Waals surface area contributed by atoms with Crippen molar-refractivity contribution in [3.8, 4) is 0 Å². The van der Waals surface area contributed by atoms with Crippen molar-refractivity contribution in [2.45, 2.75) is 17.7 Å². The predicted molar refractivity (Wildman–Crippen MR) is 67.5 cm³/mol. The van der Waals surface area contributed by atoms with Crippen molar-refractivity contribution in [1.82, 2.24) is 0 Å². The van der Waals surface area contributed by atoms with E-state index in [1.54, 1.807) is 24.3 Å². The first kappa shape index (κ1) is 14.2. The Morgan fingerprint density at radius 2 is 1.88 bits per heavy atom. The van der Waals surface area contributed by atoms with Gasteiger partial charge in [0.05, 0.1) is 4.90 Å². The Balaban J connectivity index is 2.63. The minimum Gasteiger partial charge on any atom is -0.396 e. The Hall–Kier alpha value is -0.910. The van der Waals surface area contributed by atoms with Crippen LogP contribution in [0.15, 0.2) is 29.2 Å². The van der Waals surface area contributed by atoms with E-state index in [-0.39, 0.29) is 12.5 Å². The number of nitrogens with two attached hydrogens (primary N) is 1. The van der Waals surface area contributed by atoms with E-state index in [1.165, 1.54) is 6.26 Å². The first-order chi connectivity index (χ1) is 7.97. The molecule has 4 nitrogen and oxygen atoms in total. The van der Waals surface area contributed by atoms with Crippen LogP contribution in [0, 0.1) is 5.92 Å². The molecule has 0 bridgehead atoms.